The van der Waals surface area contributed by atoms with E-state index < -0.39 is 12.1 Å². The summed E-state index contributed by atoms with van der Waals surface area (Å²) in [7, 11) is 0. The maximum absolute atomic E-state index is 11.7. The molecular formula is C25H35NO6. The van der Waals surface area contributed by atoms with E-state index in [1.165, 1.54) is 0 Å². The van der Waals surface area contributed by atoms with Crippen molar-refractivity contribution in [2.45, 2.75) is 76.6 Å². The Morgan fingerprint density at radius 3 is 2.62 bits per heavy atom. The zero-order chi connectivity index (χ0) is 22.6. The molecule has 7 heteroatoms. The van der Waals surface area contributed by atoms with Gasteiger partial charge in [0.05, 0.1) is 25.4 Å². The van der Waals surface area contributed by atoms with Crippen molar-refractivity contribution in [1.82, 2.24) is 5.48 Å². The van der Waals surface area contributed by atoms with Gasteiger partial charge in [-0.05, 0) is 68.8 Å². The van der Waals surface area contributed by atoms with E-state index in [1.54, 1.807) is 0 Å². The summed E-state index contributed by atoms with van der Waals surface area (Å²) in [4.78, 5) is 27.5. The van der Waals surface area contributed by atoms with E-state index in [0.717, 1.165) is 50.5 Å². The predicted molar refractivity (Wildman–Crippen MR) is 120 cm³/mol. The molecule has 32 heavy (non-hydrogen) atoms. The standard InChI is InChI=1S/C25H35NO6/c27-24(28)14-7-2-1-6-12-20-21(23-16-15-22(20)32-23)13-8-9-17-30-25(29)26-31-18-19-10-4-3-5-11-19/h1,3-6,10-11,20-23H,2,7-9,12-18H2,(H,26,29)(H,27,28)/t20-,21+,22-,23+/m1/s1. The van der Waals surface area contributed by atoms with Crippen molar-refractivity contribution < 1.29 is 29.0 Å². The zero-order valence-corrected chi connectivity index (χ0v) is 18.6. The lowest BCUT2D eigenvalue weighted by atomic mass is 9.75. The van der Waals surface area contributed by atoms with Crippen LogP contribution in [-0.4, -0.2) is 36.0 Å². The number of hydrogen-bond donors (Lipinski definition) is 2. The summed E-state index contributed by atoms with van der Waals surface area (Å²) in [5, 5.41) is 8.70. The Labute approximate surface area is 190 Å². The van der Waals surface area contributed by atoms with Crippen LogP contribution in [0.2, 0.25) is 0 Å². The van der Waals surface area contributed by atoms with Crippen LogP contribution in [0.25, 0.3) is 0 Å². The number of carboxylic acids is 1. The molecule has 4 atom stereocenters. The number of carbonyl (C=O) groups excluding carboxylic acids is 1. The molecule has 2 N–H and O–H groups in total. The van der Waals surface area contributed by atoms with Gasteiger partial charge in [-0.2, -0.15) is 5.48 Å². The molecule has 2 fully saturated rings. The van der Waals surface area contributed by atoms with Crippen molar-refractivity contribution in [3.05, 3.63) is 48.0 Å². The first-order chi connectivity index (χ1) is 15.6. The minimum Gasteiger partial charge on any atom is -0.481 e. The maximum atomic E-state index is 11.7. The molecule has 0 saturated carbocycles. The van der Waals surface area contributed by atoms with Crippen LogP contribution in [0, 0.1) is 11.8 Å². The van der Waals surface area contributed by atoms with E-state index in [4.69, 9.17) is 19.4 Å². The highest BCUT2D eigenvalue weighted by atomic mass is 16.7. The third-order valence-corrected chi connectivity index (χ3v) is 6.33. The second kappa shape index (κ2) is 13.2. The molecule has 0 unspecified atom stereocenters. The summed E-state index contributed by atoms with van der Waals surface area (Å²) in [5.74, 6) is 0.363. The Bertz CT molecular complexity index is 737. The van der Waals surface area contributed by atoms with Gasteiger partial charge in [-0.25, -0.2) is 4.79 Å². The normalized spacial score (nSPS) is 24.1. The molecule has 1 amide bonds. The summed E-state index contributed by atoms with van der Waals surface area (Å²) in [5.41, 5.74) is 3.29. The van der Waals surface area contributed by atoms with Gasteiger partial charge in [0.2, 0.25) is 0 Å². The van der Waals surface area contributed by atoms with Gasteiger partial charge in [0.1, 0.15) is 0 Å². The number of unbranched alkanes of at least 4 members (excludes halogenated alkanes) is 2. The van der Waals surface area contributed by atoms with Crippen molar-refractivity contribution in [3.63, 3.8) is 0 Å². The molecule has 2 saturated heterocycles. The first-order valence-electron chi connectivity index (χ1n) is 11.7. The Kier molecular flexibility index (Phi) is 10.0. The molecule has 2 heterocycles. The van der Waals surface area contributed by atoms with Crippen LogP contribution in [0.15, 0.2) is 42.5 Å². The predicted octanol–water partition coefficient (Wildman–Crippen LogP) is 5.01. The highest BCUT2D eigenvalue weighted by molar-refractivity contribution is 5.66. The van der Waals surface area contributed by atoms with Crippen molar-refractivity contribution in [2.24, 2.45) is 11.8 Å². The molecule has 3 rings (SSSR count). The number of carboxylic acid groups (broad SMARTS) is 1. The minimum absolute atomic E-state index is 0.226. The number of nitrogens with one attached hydrogen (secondary N) is 1. The minimum atomic E-state index is -0.735. The Morgan fingerprint density at radius 2 is 1.84 bits per heavy atom. The fourth-order valence-electron chi connectivity index (χ4n) is 4.77. The summed E-state index contributed by atoms with van der Waals surface area (Å²) in [6.45, 7) is 0.673. The summed E-state index contributed by atoms with van der Waals surface area (Å²) in [6.07, 6.45) is 12.4. The van der Waals surface area contributed by atoms with Crippen LogP contribution in [0.4, 0.5) is 4.79 Å². The molecule has 176 valence electrons. The average molecular weight is 446 g/mol. The Balaban J connectivity index is 1.26. The van der Waals surface area contributed by atoms with Gasteiger partial charge in [0.15, 0.2) is 0 Å². The summed E-state index contributed by atoms with van der Waals surface area (Å²) >= 11 is 0. The second-order valence-electron chi connectivity index (χ2n) is 8.62. The third kappa shape index (κ3) is 7.95. The fraction of sp³-hybridized carbons (Fsp3) is 0.600. The lowest BCUT2D eigenvalue weighted by molar-refractivity contribution is -0.137. The van der Waals surface area contributed by atoms with Crippen LogP contribution in [0.3, 0.4) is 0 Å². The molecule has 2 aliphatic rings. The number of fused-ring (bicyclic) bond motifs is 2. The van der Waals surface area contributed by atoms with Crippen molar-refractivity contribution >= 4 is 12.1 Å². The smallest absolute Gasteiger partial charge is 0.431 e. The van der Waals surface area contributed by atoms with E-state index in [-0.39, 0.29) is 6.42 Å². The molecule has 1 aromatic carbocycles. The lowest BCUT2D eigenvalue weighted by Crippen LogP contribution is -2.27. The highest BCUT2D eigenvalue weighted by Gasteiger charge is 2.47. The largest absolute Gasteiger partial charge is 0.481 e. The number of allylic oxidation sites excluding steroid dienone is 2. The van der Waals surface area contributed by atoms with Crippen LogP contribution < -0.4 is 5.48 Å². The van der Waals surface area contributed by atoms with Crippen LogP contribution in [0.5, 0.6) is 0 Å². The van der Waals surface area contributed by atoms with E-state index in [2.05, 4.69) is 17.6 Å². The maximum Gasteiger partial charge on any atom is 0.431 e. The molecule has 2 bridgehead atoms. The van der Waals surface area contributed by atoms with Gasteiger partial charge in [-0.3, -0.25) is 9.63 Å². The molecule has 2 aliphatic heterocycles. The van der Waals surface area contributed by atoms with Crippen molar-refractivity contribution in [2.75, 3.05) is 6.61 Å². The Hall–Kier alpha value is -2.38. The molecule has 0 aromatic heterocycles. The third-order valence-electron chi connectivity index (χ3n) is 6.33. The van der Waals surface area contributed by atoms with E-state index in [9.17, 15) is 9.59 Å². The molecule has 0 radical (unpaired) electrons. The van der Waals surface area contributed by atoms with Crippen LogP contribution in [-0.2, 0) is 25.7 Å². The SMILES string of the molecule is O=C(O)CCCC=CC[C@@H]1[C@H](CCCCOC(=O)NOCc2ccccc2)[C@@H]2CC[C@H]1O2. The Morgan fingerprint density at radius 1 is 1.06 bits per heavy atom. The molecule has 0 spiro atoms. The highest BCUT2D eigenvalue weighted by Crippen LogP contribution is 2.47. The molecule has 1 aromatic rings. The summed E-state index contributed by atoms with van der Waals surface area (Å²) < 4.78 is 11.4. The van der Waals surface area contributed by atoms with Crippen LogP contribution >= 0.6 is 0 Å². The number of aliphatic carboxylic acids is 1. The van der Waals surface area contributed by atoms with Crippen molar-refractivity contribution in [1.29, 1.82) is 0 Å². The number of ether oxygens (including phenoxy) is 2. The number of amides is 1. The van der Waals surface area contributed by atoms with E-state index >= 15 is 0 Å². The van der Waals surface area contributed by atoms with Gasteiger partial charge >= 0.3 is 12.1 Å². The second-order valence-corrected chi connectivity index (χ2v) is 8.62. The summed E-state index contributed by atoms with van der Waals surface area (Å²) in [6, 6.07) is 9.62. The van der Waals surface area contributed by atoms with E-state index in [1.807, 2.05) is 30.3 Å². The molecular weight excluding hydrogens is 410 g/mol. The number of hydroxylamine groups is 1. The number of benzene rings is 1. The van der Waals surface area contributed by atoms with Crippen molar-refractivity contribution in [3.8, 4) is 0 Å². The quantitative estimate of drug-likeness (QED) is 0.237. The first-order valence-corrected chi connectivity index (χ1v) is 11.7. The first kappa shape index (κ1) is 24.3. The van der Waals surface area contributed by atoms with E-state index in [0.29, 0.717) is 43.7 Å². The van der Waals surface area contributed by atoms with Gasteiger partial charge in [0, 0.05) is 6.42 Å². The monoisotopic (exact) mass is 445 g/mol. The lowest BCUT2D eigenvalue weighted by Gasteiger charge is -2.27. The zero-order valence-electron chi connectivity index (χ0n) is 18.6. The number of carbonyl (C=O) groups is 2. The van der Waals surface area contributed by atoms with Gasteiger partial charge in [-0.15, -0.1) is 0 Å². The van der Waals surface area contributed by atoms with Gasteiger partial charge in [0.25, 0.3) is 0 Å². The fourth-order valence-corrected chi connectivity index (χ4v) is 4.77. The van der Waals surface area contributed by atoms with Gasteiger partial charge < -0.3 is 14.6 Å². The molecule has 7 nitrogen and oxygen atoms in total. The van der Waals surface area contributed by atoms with Crippen LogP contribution in [0.1, 0.15) is 63.4 Å². The van der Waals surface area contributed by atoms with Gasteiger partial charge in [-0.1, -0.05) is 42.5 Å². The number of hydrogen-bond acceptors (Lipinski definition) is 5. The topological polar surface area (TPSA) is 94.1 Å². The number of rotatable bonds is 14. The molecule has 0 aliphatic carbocycles. The average Bonchev–Trinajstić information content (AvgIpc) is 3.38.